The predicted molar refractivity (Wildman–Crippen MR) is 93.9 cm³/mol. The lowest BCUT2D eigenvalue weighted by atomic mass is 9.94. The van der Waals surface area contributed by atoms with E-state index < -0.39 is 12.0 Å². The molecular weight excluding hydrogens is 334 g/mol. The molecule has 1 aliphatic heterocycles. The summed E-state index contributed by atoms with van der Waals surface area (Å²) in [6.45, 7) is 6.26. The van der Waals surface area contributed by atoms with Crippen LogP contribution in [0.25, 0.3) is 11.1 Å². The number of carboxylic acid groups (broad SMARTS) is 1. The van der Waals surface area contributed by atoms with Crippen molar-refractivity contribution in [2.75, 3.05) is 6.54 Å². The number of rotatable bonds is 3. The molecule has 0 spiro atoms. The fourth-order valence-electron chi connectivity index (χ4n) is 4.56. The van der Waals surface area contributed by atoms with Crippen LogP contribution in [-0.4, -0.2) is 44.6 Å². The first-order valence-corrected chi connectivity index (χ1v) is 9.19. The van der Waals surface area contributed by atoms with Crippen molar-refractivity contribution in [2.24, 2.45) is 11.8 Å². The summed E-state index contributed by atoms with van der Waals surface area (Å²) in [6.07, 6.45) is 2.91. The molecule has 4 rings (SSSR count). The number of hydrogen-bond donors (Lipinski definition) is 1. The SMILES string of the molecule is Cc1noc2nc(C(C)C)cc(C(=O)N3CC4CCCC4C3C(=O)O)c12. The Morgan fingerprint density at radius 1 is 1.35 bits per heavy atom. The molecule has 2 aromatic heterocycles. The molecule has 1 aliphatic carbocycles. The summed E-state index contributed by atoms with van der Waals surface area (Å²) in [6, 6.07) is 1.02. The molecule has 2 aliphatic rings. The molecule has 26 heavy (non-hydrogen) atoms. The maximum atomic E-state index is 13.4. The molecule has 0 aromatic carbocycles. The van der Waals surface area contributed by atoms with Gasteiger partial charge < -0.3 is 14.5 Å². The fourth-order valence-corrected chi connectivity index (χ4v) is 4.56. The third kappa shape index (κ3) is 2.48. The smallest absolute Gasteiger partial charge is 0.326 e. The molecule has 138 valence electrons. The van der Waals surface area contributed by atoms with E-state index in [1.165, 1.54) is 0 Å². The second-order valence-corrected chi connectivity index (χ2v) is 7.79. The zero-order valence-corrected chi connectivity index (χ0v) is 15.2. The Balaban J connectivity index is 1.80. The topological polar surface area (TPSA) is 96.5 Å². The Morgan fingerprint density at radius 2 is 2.12 bits per heavy atom. The molecular formula is C19H23N3O4. The van der Waals surface area contributed by atoms with E-state index in [9.17, 15) is 14.7 Å². The summed E-state index contributed by atoms with van der Waals surface area (Å²) < 4.78 is 5.29. The first kappa shape index (κ1) is 17.0. The predicted octanol–water partition coefficient (Wildman–Crippen LogP) is 2.98. The molecule has 3 heterocycles. The van der Waals surface area contributed by atoms with E-state index in [0.29, 0.717) is 28.9 Å². The van der Waals surface area contributed by atoms with Crippen LogP contribution in [0.1, 0.15) is 60.8 Å². The van der Waals surface area contributed by atoms with Gasteiger partial charge in [-0.05, 0) is 43.6 Å². The molecule has 7 nitrogen and oxygen atoms in total. The van der Waals surface area contributed by atoms with Gasteiger partial charge >= 0.3 is 5.97 Å². The van der Waals surface area contributed by atoms with Gasteiger partial charge in [0.1, 0.15) is 6.04 Å². The highest BCUT2D eigenvalue weighted by atomic mass is 16.5. The molecule has 1 saturated carbocycles. The third-order valence-electron chi connectivity index (χ3n) is 5.86. The maximum absolute atomic E-state index is 13.4. The van der Waals surface area contributed by atoms with E-state index in [1.807, 2.05) is 13.8 Å². The zero-order valence-electron chi connectivity index (χ0n) is 15.2. The number of aromatic nitrogens is 2. The van der Waals surface area contributed by atoms with Gasteiger partial charge in [0.2, 0.25) is 0 Å². The number of carbonyl (C=O) groups is 2. The molecule has 3 unspecified atom stereocenters. The van der Waals surface area contributed by atoms with Gasteiger partial charge in [0, 0.05) is 12.2 Å². The van der Waals surface area contributed by atoms with Crippen molar-refractivity contribution >= 4 is 23.0 Å². The lowest BCUT2D eigenvalue weighted by Gasteiger charge is -2.25. The first-order chi connectivity index (χ1) is 12.4. The molecule has 1 N–H and O–H groups in total. The summed E-state index contributed by atoms with van der Waals surface area (Å²) in [5, 5.41) is 14.3. The van der Waals surface area contributed by atoms with E-state index in [1.54, 1.807) is 17.9 Å². The number of fused-ring (bicyclic) bond motifs is 2. The first-order valence-electron chi connectivity index (χ1n) is 9.19. The molecule has 2 aromatic rings. The van der Waals surface area contributed by atoms with Crippen LogP contribution in [0.15, 0.2) is 10.6 Å². The minimum Gasteiger partial charge on any atom is -0.480 e. The second kappa shape index (κ2) is 6.07. The van der Waals surface area contributed by atoms with Gasteiger partial charge in [-0.3, -0.25) is 4.79 Å². The van der Waals surface area contributed by atoms with Crippen LogP contribution in [0.2, 0.25) is 0 Å². The van der Waals surface area contributed by atoms with Crippen molar-refractivity contribution in [3.63, 3.8) is 0 Å². The summed E-state index contributed by atoms with van der Waals surface area (Å²) in [5.41, 5.74) is 2.12. The number of hydrogen-bond acceptors (Lipinski definition) is 5. The molecule has 0 bridgehead atoms. The molecule has 7 heteroatoms. The second-order valence-electron chi connectivity index (χ2n) is 7.79. The van der Waals surface area contributed by atoms with Crippen LogP contribution in [-0.2, 0) is 4.79 Å². The number of carbonyl (C=O) groups excluding carboxylic acids is 1. The minimum atomic E-state index is -0.913. The van der Waals surface area contributed by atoms with Crippen LogP contribution < -0.4 is 0 Å². The van der Waals surface area contributed by atoms with Crippen molar-refractivity contribution in [3.8, 4) is 0 Å². The molecule has 1 amide bonds. The van der Waals surface area contributed by atoms with Gasteiger partial charge in [-0.2, -0.15) is 0 Å². The lowest BCUT2D eigenvalue weighted by Crippen LogP contribution is -2.43. The molecule has 0 radical (unpaired) electrons. The highest BCUT2D eigenvalue weighted by Gasteiger charge is 2.50. The van der Waals surface area contributed by atoms with Crippen LogP contribution in [0.5, 0.6) is 0 Å². The quantitative estimate of drug-likeness (QED) is 0.907. The van der Waals surface area contributed by atoms with E-state index in [0.717, 1.165) is 25.0 Å². The molecule has 3 atom stereocenters. The number of carboxylic acids is 1. The highest BCUT2D eigenvalue weighted by Crippen LogP contribution is 2.43. The zero-order chi connectivity index (χ0) is 18.6. The normalized spacial score (nSPS) is 25.2. The summed E-state index contributed by atoms with van der Waals surface area (Å²) >= 11 is 0. The minimum absolute atomic E-state index is 0.0573. The van der Waals surface area contributed by atoms with Crippen LogP contribution in [0.4, 0.5) is 0 Å². The lowest BCUT2D eigenvalue weighted by molar-refractivity contribution is -0.142. The Hall–Kier alpha value is -2.44. The number of nitrogens with zero attached hydrogens (tertiary/aromatic N) is 3. The van der Waals surface area contributed by atoms with Gasteiger partial charge in [-0.15, -0.1) is 0 Å². The van der Waals surface area contributed by atoms with E-state index >= 15 is 0 Å². The number of pyridine rings is 1. The fraction of sp³-hybridized carbons (Fsp3) is 0.579. The average molecular weight is 357 g/mol. The van der Waals surface area contributed by atoms with Crippen molar-refractivity contribution < 1.29 is 19.2 Å². The summed E-state index contributed by atoms with van der Waals surface area (Å²) in [4.78, 5) is 31.3. The third-order valence-corrected chi connectivity index (χ3v) is 5.86. The molecule has 1 saturated heterocycles. The van der Waals surface area contributed by atoms with Crippen molar-refractivity contribution in [2.45, 2.75) is 52.0 Å². The number of aliphatic carboxylic acids is 1. The van der Waals surface area contributed by atoms with Gasteiger partial charge in [-0.25, -0.2) is 9.78 Å². The monoisotopic (exact) mass is 357 g/mol. The number of likely N-dealkylation sites (tertiary alicyclic amines) is 1. The molecule has 2 fully saturated rings. The Morgan fingerprint density at radius 3 is 2.81 bits per heavy atom. The van der Waals surface area contributed by atoms with Crippen LogP contribution in [0.3, 0.4) is 0 Å². The van der Waals surface area contributed by atoms with Crippen LogP contribution in [0, 0.1) is 18.8 Å². The Kier molecular flexibility index (Phi) is 3.97. The Bertz CT molecular complexity index is 888. The van der Waals surface area contributed by atoms with Crippen molar-refractivity contribution in [3.05, 3.63) is 23.0 Å². The van der Waals surface area contributed by atoms with Crippen LogP contribution >= 0.6 is 0 Å². The summed E-state index contributed by atoms with van der Waals surface area (Å²) in [7, 11) is 0. The summed E-state index contributed by atoms with van der Waals surface area (Å²) in [5.74, 6) is -0.714. The highest BCUT2D eigenvalue weighted by molar-refractivity contribution is 6.07. The standard InChI is InChI=1S/C19H23N3O4/c1-9(2)14-7-13(15-10(3)21-26-17(15)20-14)18(23)22-8-11-5-4-6-12(11)16(22)19(24)25/h7,9,11-12,16H,4-6,8H2,1-3H3,(H,24,25). The average Bonchev–Trinajstić information content (AvgIpc) is 3.27. The number of amides is 1. The Labute approximate surface area is 151 Å². The van der Waals surface area contributed by atoms with Crippen molar-refractivity contribution in [1.82, 2.24) is 15.0 Å². The van der Waals surface area contributed by atoms with Gasteiger partial charge in [0.15, 0.2) is 0 Å². The van der Waals surface area contributed by atoms with E-state index in [4.69, 9.17) is 4.52 Å². The largest absolute Gasteiger partial charge is 0.480 e. The van der Waals surface area contributed by atoms with Gasteiger partial charge in [-0.1, -0.05) is 25.4 Å². The van der Waals surface area contributed by atoms with E-state index in [2.05, 4.69) is 10.1 Å². The van der Waals surface area contributed by atoms with Gasteiger partial charge in [0.05, 0.1) is 16.6 Å². The maximum Gasteiger partial charge on any atom is 0.326 e. The van der Waals surface area contributed by atoms with Crippen molar-refractivity contribution in [1.29, 1.82) is 0 Å². The number of aryl methyl sites for hydroxylation is 1. The van der Waals surface area contributed by atoms with Gasteiger partial charge in [0.25, 0.3) is 11.6 Å². The van der Waals surface area contributed by atoms with E-state index in [-0.39, 0.29) is 23.7 Å².